The van der Waals surface area contributed by atoms with Crippen molar-refractivity contribution >= 4 is 5.97 Å². The van der Waals surface area contributed by atoms with E-state index in [4.69, 9.17) is 24.8 Å². The van der Waals surface area contributed by atoms with Crippen LogP contribution in [0.5, 0.6) is 17.2 Å². The first-order valence-corrected chi connectivity index (χ1v) is 5.55. The van der Waals surface area contributed by atoms with E-state index in [-0.39, 0.29) is 5.56 Å². The second-order valence-corrected chi connectivity index (χ2v) is 3.58. The van der Waals surface area contributed by atoms with Crippen LogP contribution in [0.2, 0.25) is 0 Å². The van der Waals surface area contributed by atoms with Gasteiger partial charge in [0.25, 0.3) is 0 Å². The summed E-state index contributed by atoms with van der Waals surface area (Å²) in [7, 11) is 1.17. The van der Waals surface area contributed by atoms with E-state index in [9.17, 15) is 4.79 Å². The van der Waals surface area contributed by atoms with Crippen LogP contribution in [0, 0.1) is 0 Å². The molecule has 0 radical (unpaired) electrons. The maximum absolute atomic E-state index is 10.9. The number of hydrogen-bond donors (Lipinski definition) is 3. The lowest BCUT2D eigenvalue weighted by atomic mass is 10.2. The average Bonchev–Trinajstić information content (AvgIpc) is 2.46. The lowest BCUT2D eigenvalue weighted by Crippen LogP contribution is -2.16. The predicted octanol–water partition coefficient (Wildman–Crippen LogP) is 0.623. The van der Waals surface area contributed by atoms with Crippen molar-refractivity contribution < 1.29 is 34.3 Å². The second kappa shape index (κ2) is 7.45. The van der Waals surface area contributed by atoms with Crippen LogP contribution >= 0.6 is 0 Å². The van der Waals surface area contributed by atoms with Crippen molar-refractivity contribution in [3.63, 3.8) is 0 Å². The van der Waals surface area contributed by atoms with Crippen molar-refractivity contribution in [3.8, 4) is 17.2 Å². The topological polar surface area (TPSA) is 105 Å². The Kier molecular flexibility index (Phi) is 5.91. The molecule has 0 atom stereocenters. The summed E-state index contributed by atoms with van der Waals surface area (Å²) in [5, 5.41) is 26.9. The molecular weight excluding hydrogens is 256 g/mol. The number of esters is 1. The van der Waals surface area contributed by atoms with Gasteiger partial charge in [-0.1, -0.05) is 0 Å². The Morgan fingerprint density at radius 1 is 1.05 bits per heavy atom. The van der Waals surface area contributed by atoms with Gasteiger partial charge in [0, 0.05) is 0 Å². The highest BCUT2D eigenvalue weighted by molar-refractivity contribution is 5.90. The van der Waals surface area contributed by atoms with Gasteiger partial charge >= 0.3 is 5.97 Å². The van der Waals surface area contributed by atoms with Crippen LogP contribution < -0.4 is 0 Å². The number of benzene rings is 1. The fraction of sp³-hybridized carbons (Fsp3) is 0.417. The molecule has 106 valence electrons. The Labute approximate surface area is 110 Å². The molecule has 19 heavy (non-hydrogen) atoms. The quantitative estimate of drug-likeness (QED) is 0.508. The van der Waals surface area contributed by atoms with Crippen molar-refractivity contribution in [2.24, 2.45) is 0 Å². The summed E-state index contributed by atoms with van der Waals surface area (Å²) in [5.74, 6) is -2.50. The molecule has 3 N–H and O–H groups in total. The number of phenols is 3. The number of phenolic OH excluding ortho intramolecular Hbond substituents is 3. The lowest BCUT2D eigenvalue weighted by Gasteiger charge is -2.09. The van der Waals surface area contributed by atoms with Gasteiger partial charge in [0.2, 0.25) is 0 Å². The molecule has 1 saturated heterocycles. The first kappa shape index (κ1) is 15.1. The summed E-state index contributed by atoms with van der Waals surface area (Å²) in [5.41, 5.74) is -0.0321. The number of carbonyl (C=O) groups excluding carboxylic acids is 1. The first-order chi connectivity index (χ1) is 9.06. The number of carbonyl (C=O) groups is 1. The normalized spacial score (nSPS) is 14.2. The minimum atomic E-state index is -0.703. The van der Waals surface area contributed by atoms with Crippen LogP contribution in [-0.4, -0.2) is 54.8 Å². The number of aromatic hydroxyl groups is 3. The van der Waals surface area contributed by atoms with E-state index in [0.29, 0.717) is 0 Å². The molecular formula is C12H16O7. The zero-order chi connectivity index (χ0) is 14.3. The third kappa shape index (κ3) is 4.65. The molecule has 0 aliphatic carbocycles. The number of rotatable bonds is 1. The van der Waals surface area contributed by atoms with Crippen molar-refractivity contribution in [3.05, 3.63) is 17.7 Å². The van der Waals surface area contributed by atoms with Crippen molar-refractivity contribution in [1.82, 2.24) is 0 Å². The van der Waals surface area contributed by atoms with Crippen LogP contribution in [0.3, 0.4) is 0 Å². The van der Waals surface area contributed by atoms with E-state index in [1.54, 1.807) is 0 Å². The maximum Gasteiger partial charge on any atom is 0.338 e. The van der Waals surface area contributed by atoms with Crippen molar-refractivity contribution in [2.45, 2.75) is 0 Å². The van der Waals surface area contributed by atoms with E-state index in [1.165, 1.54) is 7.11 Å². The monoisotopic (exact) mass is 272 g/mol. The second-order valence-electron chi connectivity index (χ2n) is 3.58. The third-order valence-corrected chi connectivity index (χ3v) is 2.23. The zero-order valence-electron chi connectivity index (χ0n) is 10.5. The highest BCUT2D eigenvalue weighted by Crippen LogP contribution is 2.35. The fourth-order valence-electron chi connectivity index (χ4n) is 1.28. The van der Waals surface area contributed by atoms with Gasteiger partial charge < -0.3 is 29.5 Å². The van der Waals surface area contributed by atoms with E-state index in [1.807, 2.05) is 0 Å². The lowest BCUT2D eigenvalue weighted by molar-refractivity contribution is -0.0334. The molecule has 1 aromatic carbocycles. The fourth-order valence-corrected chi connectivity index (χ4v) is 1.28. The Hall–Kier alpha value is -1.99. The largest absolute Gasteiger partial charge is 0.504 e. The zero-order valence-corrected chi connectivity index (χ0v) is 10.5. The van der Waals surface area contributed by atoms with E-state index < -0.39 is 23.2 Å². The van der Waals surface area contributed by atoms with E-state index >= 15 is 0 Å². The SMILES string of the molecule is C1COCCO1.COC(=O)c1cc(O)c(O)c(O)c1. The molecule has 7 heteroatoms. The summed E-state index contributed by atoms with van der Waals surface area (Å²) >= 11 is 0. The van der Waals surface area contributed by atoms with Gasteiger partial charge in [-0.15, -0.1) is 0 Å². The number of methoxy groups -OCH3 is 1. The first-order valence-electron chi connectivity index (χ1n) is 5.55. The molecule has 0 saturated carbocycles. The summed E-state index contributed by atoms with van der Waals surface area (Å²) in [6.45, 7) is 3.11. The van der Waals surface area contributed by atoms with Crippen LogP contribution in [0.15, 0.2) is 12.1 Å². The maximum atomic E-state index is 10.9. The molecule has 1 aromatic rings. The van der Waals surface area contributed by atoms with E-state index in [0.717, 1.165) is 38.6 Å². The molecule has 1 aliphatic rings. The van der Waals surface area contributed by atoms with Gasteiger partial charge in [0.15, 0.2) is 17.2 Å². The van der Waals surface area contributed by atoms with Gasteiger partial charge in [-0.3, -0.25) is 0 Å². The van der Waals surface area contributed by atoms with Crippen molar-refractivity contribution in [1.29, 1.82) is 0 Å². The number of ether oxygens (including phenoxy) is 3. The van der Waals surface area contributed by atoms with Gasteiger partial charge in [-0.25, -0.2) is 4.79 Å². The molecule has 0 amide bonds. The third-order valence-electron chi connectivity index (χ3n) is 2.23. The minimum Gasteiger partial charge on any atom is -0.504 e. The molecule has 1 fully saturated rings. The van der Waals surface area contributed by atoms with E-state index in [2.05, 4.69) is 4.74 Å². The molecule has 0 bridgehead atoms. The minimum absolute atomic E-state index is 0.0321. The Balaban J connectivity index is 0.000000250. The summed E-state index contributed by atoms with van der Waals surface area (Å²) in [4.78, 5) is 10.9. The smallest absolute Gasteiger partial charge is 0.338 e. The van der Waals surface area contributed by atoms with Crippen LogP contribution in [0.1, 0.15) is 10.4 Å². The van der Waals surface area contributed by atoms with Crippen LogP contribution in [0.4, 0.5) is 0 Å². The van der Waals surface area contributed by atoms with Gasteiger partial charge in [0.1, 0.15) is 0 Å². The predicted molar refractivity (Wildman–Crippen MR) is 64.4 cm³/mol. The summed E-state index contributed by atoms with van der Waals surface area (Å²) < 4.78 is 14.2. The Morgan fingerprint density at radius 3 is 1.79 bits per heavy atom. The highest BCUT2D eigenvalue weighted by atomic mass is 16.6. The number of hydrogen-bond acceptors (Lipinski definition) is 7. The molecule has 0 spiro atoms. The van der Waals surface area contributed by atoms with Crippen LogP contribution in [0.25, 0.3) is 0 Å². The average molecular weight is 272 g/mol. The highest BCUT2D eigenvalue weighted by Gasteiger charge is 2.13. The summed E-state index contributed by atoms with van der Waals surface area (Å²) in [6.07, 6.45) is 0. The Bertz CT molecular complexity index is 392. The Morgan fingerprint density at radius 2 is 1.47 bits per heavy atom. The molecule has 1 heterocycles. The molecule has 0 unspecified atom stereocenters. The molecule has 1 aliphatic heterocycles. The van der Waals surface area contributed by atoms with Crippen LogP contribution in [-0.2, 0) is 14.2 Å². The summed E-state index contributed by atoms with van der Waals surface area (Å²) in [6, 6.07) is 2.00. The standard InChI is InChI=1S/C8H8O5.C4H8O2/c1-13-8(12)4-2-5(9)7(11)6(10)3-4;1-2-6-4-3-5-1/h2-3,9-11H,1H3;1-4H2. The van der Waals surface area contributed by atoms with Gasteiger partial charge in [-0.05, 0) is 12.1 Å². The molecule has 0 aromatic heterocycles. The van der Waals surface area contributed by atoms with Gasteiger partial charge in [0.05, 0.1) is 39.1 Å². The van der Waals surface area contributed by atoms with Gasteiger partial charge in [-0.2, -0.15) is 0 Å². The van der Waals surface area contributed by atoms with Crippen molar-refractivity contribution in [2.75, 3.05) is 33.5 Å². The molecule has 2 rings (SSSR count). The molecule has 7 nitrogen and oxygen atoms in total.